The lowest BCUT2D eigenvalue weighted by atomic mass is 10.2. The van der Waals surface area contributed by atoms with Crippen molar-refractivity contribution in [3.63, 3.8) is 0 Å². The molecule has 0 saturated carbocycles. The van der Waals surface area contributed by atoms with E-state index in [1.807, 2.05) is 0 Å². The Morgan fingerprint density at radius 2 is 1.83 bits per heavy atom. The van der Waals surface area contributed by atoms with Crippen LogP contribution in [0.15, 0.2) is 47.4 Å². The van der Waals surface area contributed by atoms with E-state index in [1.54, 1.807) is 24.3 Å². The van der Waals surface area contributed by atoms with E-state index in [1.165, 1.54) is 12.1 Å². The molecule has 0 heterocycles. The van der Waals surface area contributed by atoms with E-state index < -0.39 is 16.0 Å². The summed E-state index contributed by atoms with van der Waals surface area (Å²) in [6.07, 6.45) is 0. The van der Waals surface area contributed by atoms with Crippen LogP contribution < -0.4 is 9.88 Å². The average Bonchev–Trinajstić information content (AvgIpc) is 2.50. The number of nitrogens with two attached hydrogens (primary N) is 1. The molecular formula is C15H13Cl2NO5S. The molecule has 6 nitrogen and oxygen atoms in total. The van der Waals surface area contributed by atoms with E-state index in [-0.39, 0.29) is 28.7 Å². The minimum atomic E-state index is -3.94. The van der Waals surface area contributed by atoms with E-state index in [0.29, 0.717) is 10.8 Å². The van der Waals surface area contributed by atoms with Crippen LogP contribution in [0, 0.1) is 0 Å². The number of hydrogen-bond acceptors (Lipinski definition) is 5. The first kappa shape index (κ1) is 18.5. The Hall–Kier alpha value is -1.80. The van der Waals surface area contributed by atoms with Crippen molar-refractivity contribution in [2.24, 2.45) is 5.14 Å². The Morgan fingerprint density at radius 1 is 1.08 bits per heavy atom. The van der Waals surface area contributed by atoms with E-state index in [9.17, 15) is 13.2 Å². The lowest BCUT2D eigenvalue weighted by Crippen LogP contribution is -2.15. The van der Waals surface area contributed by atoms with Crippen molar-refractivity contribution in [3.8, 4) is 5.75 Å². The maximum Gasteiger partial charge on any atom is 0.339 e. The monoisotopic (exact) mass is 389 g/mol. The molecule has 2 aromatic carbocycles. The van der Waals surface area contributed by atoms with Gasteiger partial charge in [0.2, 0.25) is 10.0 Å². The summed E-state index contributed by atoms with van der Waals surface area (Å²) in [5.74, 6) is -0.243. The average molecular weight is 390 g/mol. The zero-order chi connectivity index (χ0) is 17.7. The molecule has 2 rings (SSSR count). The molecule has 128 valence electrons. The Kier molecular flexibility index (Phi) is 6.06. The maximum absolute atomic E-state index is 12.0. The van der Waals surface area contributed by atoms with Gasteiger partial charge in [-0.3, -0.25) is 0 Å². The summed E-state index contributed by atoms with van der Waals surface area (Å²) in [6, 6.07) is 10.3. The highest BCUT2D eigenvalue weighted by molar-refractivity contribution is 7.89. The van der Waals surface area contributed by atoms with Crippen molar-refractivity contribution in [3.05, 3.63) is 58.1 Å². The van der Waals surface area contributed by atoms with Crippen LogP contribution in [0.3, 0.4) is 0 Å². The van der Waals surface area contributed by atoms with Crippen molar-refractivity contribution >= 4 is 39.2 Å². The molecule has 0 saturated heterocycles. The number of halogens is 2. The molecule has 0 unspecified atom stereocenters. The number of carbonyl (C=O) groups is 1. The number of carbonyl (C=O) groups excluding carboxylic acids is 1. The van der Waals surface area contributed by atoms with Gasteiger partial charge < -0.3 is 9.47 Å². The predicted octanol–water partition coefficient (Wildman–Crippen LogP) is 2.88. The number of primary sulfonamides is 1. The maximum atomic E-state index is 12.0. The fraction of sp³-hybridized carbons (Fsp3) is 0.133. The summed E-state index contributed by atoms with van der Waals surface area (Å²) >= 11 is 11.7. The second-order valence-electron chi connectivity index (χ2n) is 4.63. The predicted molar refractivity (Wildman–Crippen MR) is 90.1 cm³/mol. The first-order chi connectivity index (χ1) is 11.3. The third kappa shape index (κ3) is 5.10. The number of benzene rings is 2. The van der Waals surface area contributed by atoms with Crippen LogP contribution in [-0.4, -0.2) is 27.6 Å². The summed E-state index contributed by atoms with van der Waals surface area (Å²) in [7, 11) is -3.94. The summed E-state index contributed by atoms with van der Waals surface area (Å²) < 4.78 is 33.0. The number of rotatable bonds is 6. The van der Waals surface area contributed by atoms with Gasteiger partial charge in [-0.05, 0) is 36.4 Å². The molecule has 24 heavy (non-hydrogen) atoms. The number of hydrogen-bond donors (Lipinski definition) is 1. The number of sulfonamides is 1. The van der Waals surface area contributed by atoms with Crippen LogP contribution in [0.4, 0.5) is 0 Å². The summed E-state index contributed by atoms with van der Waals surface area (Å²) in [6.45, 7) is 0.0415. The zero-order valence-corrected chi connectivity index (χ0v) is 14.6. The Balaban J connectivity index is 1.95. The lowest BCUT2D eigenvalue weighted by Gasteiger charge is -2.09. The van der Waals surface area contributed by atoms with E-state index in [4.69, 9.17) is 37.8 Å². The Bertz CT molecular complexity index is 855. The van der Waals surface area contributed by atoms with Crippen LogP contribution >= 0.6 is 23.2 Å². The minimum Gasteiger partial charge on any atom is -0.490 e. The van der Waals surface area contributed by atoms with Crippen molar-refractivity contribution < 1.29 is 22.7 Å². The van der Waals surface area contributed by atoms with Crippen LogP contribution in [0.25, 0.3) is 0 Å². The van der Waals surface area contributed by atoms with Gasteiger partial charge in [-0.15, -0.1) is 0 Å². The van der Waals surface area contributed by atoms with Gasteiger partial charge in [-0.1, -0.05) is 29.3 Å². The third-order valence-corrected chi connectivity index (χ3v) is 4.34. The molecule has 0 atom stereocenters. The minimum absolute atomic E-state index is 0.0543. The first-order valence-corrected chi connectivity index (χ1v) is 8.95. The van der Waals surface area contributed by atoms with Gasteiger partial charge in [0.1, 0.15) is 19.0 Å². The normalized spacial score (nSPS) is 11.1. The van der Waals surface area contributed by atoms with Crippen LogP contribution in [0.5, 0.6) is 5.75 Å². The molecule has 9 heteroatoms. The highest BCUT2D eigenvalue weighted by Crippen LogP contribution is 2.21. The number of esters is 1. The van der Waals surface area contributed by atoms with Crippen LogP contribution in [-0.2, 0) is 14.8 Å². The topological polar surface area (TPSA) is 95.7 Å². The Labute approximate surface area is 149 Å². The summed E-state index contributed by atoms with van der Waals surface area (Å²) in [4.78, 5) is 11.8. The van der Waals surface area contributed by atoms with Crippen molar-refractivity contribution in [2.45, 2.75) is 4.90 Å². The molecule has 0 spiro atoms. The standard InChI is InChI=1S/C15H13Cl2NO5S/c16-10-2-1-3-11(8-10)22-6-7-23-15(19)13-9-12(24(18,20)21)4-5-14(13)17/h1-5,8-9H,6-7H2,(H2,18,20,21). The van der Waals surface area contributed by atoms with Gasteiger partial charge in [0.25, 0.3) is 0 Å². The number of ether oxygens (including phenoxy) is 2. The van der Waals surface area contributed by atoms with E-state index >= 15 is 0 Å². The summed E-state index contributed by atoms with van der Waals surface area (Å²) in [5, 5.41) is 5.60. The molecule has 0 aliphatic heterocycles. The quantitative estimate of drug-likeness (QED) is 0.605. The van der Waals surface area contributed by atoms with Crippen molar-refractivity contribution in [1.29, 1.82) is 0 Å². The molecule has 0 aliphatic rings. The van der Waals surface area contributed by atoms with E-state index in [2.05, 4.69) is 0 Å². The fourth-order valence-electron chi connectivity index (χ4n) is 1.77. The molecule has 2 aromatic rings. The first-order valence-electron chi connectivity index (χ1n) is 6.65. The van der Waals surface area contributed by atoms with E-state index in [0.717, 1.165) is 6.07 Å². The molecule has 0 aliphatic carbocycles. The zero-order valence-electron chi connectivity index (χ0n) is 12.2. The van der Waals surface area contributed by atoms with Gasteiger partial charge in [0.15, 0.2) is 0 Å². The largest absolute Gasteiger partial charge is 0.490 e. The third-order valence-electron chi connectivity index (χ3n) is 2.87. The lowest BCUT2D eigenvalue weighted by molar-refractivity contribution is 0.0450. The fourth-order valence-corrected chi connectivity index (χ4v) is 2.68. The smallest absolute Gasteiger partial charge is 0.339 e. The molecule has 0 fully saturated rings. The molecule has 2 N–H and O–H groups in total. The highest BCUT2D eigenvalue weighted by Gasteiger charge is 2.17. The SMILES string of the molecule is NS(=O)(=O)c1ccc(Cl)c(C(=O)OCCOc2cccc(Cl)c2)c1. The molecular weight excluding hydrogens is 377 g/mol. The molecule has 0 aromatic heterocycles. The second kappa shape index (κ2) is 7.85. The Morgan fingerprint density at radius 3 is 2.50 bits per heavy atom. The molecule has 0 bridgehead atoms. The van der Waals surface area contributed by atoms with Crippen LogP contribution in [0.1, 0.15) is 10.4 Å². The summed E-state index contributed by atoms with van der Waals surface area (Å²) in [5.41, 5.74) is -0.0917. The van der Waals surface area contributed by atoms with Gasteiger partial charge in [-0.2, -0.15) is 0 Å². The van der Waals surface area contributed by atoms with Gasteiger partial charge in [0.05, 0.1) is 15.5 Å². The van der Waals surface area contributed by atoms with Crippen molar-refractivity contribution in [2.75, 3.05) is 13.2 Å². The van der Waals surface area contributed by atoms with Crippen LogP contribution in [0.2, 0.25) is 10.0 Å². The van der Waals surface area contributed by atoms with Crippen molar-refractivity contribution in [1.82, 2.24) is 0 Å². The van der Waals surface area contributed by atoms with Gasteiger partial charge in [-0.25, -0.2) is 18.4 Å². The highest BCUT2D eigenvalue weighted by atomic mass is 35.5. The van der Waals surface area contributed by atoms with Gasteiger partial charge >= 0.3 is 5.97 Å². The molecule has 0 amide bonds. The molecule has 0 radical (unpaired) electrons. The second-order valence-corrected chi connectivity index (χ2v) is 7.03. The van der Waals surface area contributed by atoms with Gasteiger partial charge in [0, 0.05) is 5.02 Å².